The van der Waals surface area contributed by atoms with Crippen LogP contribution in [0, 0.1) is 0 Å². The molecule has 1 fully saturated rings. The Hall–Kier alpha value is -2.70. The summed E-state index contributed by atoms with van der Waals surface area (Å²) in [6.07, 6.45) is 4.98. The van der Waals surface area contributed by atoms with Crippen LogP contribution in [-0.2, 0) is 0 Å². The Balaban J connectivity index is 1.59. The van der Waals surface area contributed by atoms with Gasteiger partial charge in [0, 0.05) is 18.9 Å². The molecule has 2 heterocycles. The van der Waals surface area contributed by atoms with E-state index in [0.717, 1.165) is 19.3 Å². The van der Waals surface area contributed by atoms with Crippen molar-refractivity contribution in [3.05, 3.63) is 41.6 Å². The Morgan fingerprint density at radius 1 is 1.17 bits per heavy atom. The Kier molecular flexibility index (Phi) is 3.14. The molecule has 2 aliphatic rings. The first kappa shape index (κ1) is 13.9. The lowest BCUT2D eigenvalue weighted by Gasteiger charge is -2.30. The molecular formula is C16H17N4O3+. The second kappa shape index (κ2) is 5.19. The van der Waals surface area contributed by atoms with E-state index in [4.69, 9.17) is 10.3 Å². The minimum atomic E-state index is -0.194. The van der Waals surface area contributed by atoms with Gasteiger partial charge in [-0.25, -0.2) is 0 Å². The molecule has 7 nitrogen and oxygen atoms in total. The van der Waals surface area contributed by atoms with Crippen LogP contribution in [0.4, 0.5) is 5.88 Å². The Morgan fingerprint density at radius 2 is 1.87 bits per heavy atom. The van der Waals surface area contributed by atoms with E-state index in [1.165, 1.54) is 4.90 Å². The molecule has 0 radical (unpaired) electrons. The Bertz CT molecular complexity index is 750. The molecule has 0 spiro atoms. The second-order valence-electron chi connectivity index (χ2n) is 6.08. The lowest BCUT2D eigenvalue weighted by Crippen LogP contribution is -2.49. The zero-order chi connectivity index (χ0) is 16.0. The van der Waals surface area contributed by atoms with Crippen molar-refractivity contribution < 1.29 is 18.8 Å². The normalized spacial score (nSPS) is 24.1. The second-order valence-corrected chi connectivity index (χ2v) is 6.08. The van der Waals surface area contributed by atoms with Gasteiger partial charge in [-0.1, -0.05) is 12.1 Å². The molecule has 2 N–H and O–H groups in total. The predicted molar refractivity (Wildman–Crippen MR) is 79.3 cm³/mol. The molecule has 23 heavy (non-hydrogen) atoms. The van der Waals surface area contributed by atoms with Gasteiger partial charge in [0.1, 0.15) is 0 Å². The number of rotatable bonds is 2. The number of benzene rings is 1. The van der Waals surface area contributed by atoms with Crippen LogP contribution in [0.15, 0.2) is 35.0 Å². The predicted octanol–water partition coefficient (Wildman–Crippen LogP) is 1.32. The van der Waals surface area contributed by atoms with E-state index >= 15 is 0 Å². The van der Waals surface area contributed by atoms with Gasteiger partial charge in [-0.2, -0.15) is 0 Å². The monoisotopic (exact) mass is 313 g/mol. The highest BCUT2D eigenvalue weighted by atomic mass is 16.5. The van der Waals surface area contributed by atoms with Gasteiger partial charge in [0.05, 0.1) is 11.1 Å². The summed E-state index contributed by atoms with van der Waals surface area (Å²) >= 11 is 0. The molecule has 118 valence electrons. The van der Waals surface area contributed by atoms with E-state index in [-0.39, 0.29) is 29.8 Å². The molecule has 0 unspecified atom stereocenters. The van der Waals surface area contributed by atoms with E-state index in [9.17, 15) is 9.59 Å². The fourth-order valence-corrected chi connectivity index (χ4v) is 3.60. The number of carbonyl (C=O) groups is 2. The smallest absolute Gasteiger partial charge is 0.293 e. The summed E-state index contributed by atoms with van der Waals surface area (Å²) in [4.78, 5) is 26.6. The summed E-state index contributed by atoms with van der Waals surface area (Å²) in [6, 6.07) is 6.95. The zero-order valence-electron chi connectivity index (χ0n) is 12.5. The lowest BCUT2D eigenvalue weighted by atomic mass is 9.90. The molecule has 1 aliphatic carbocycles. The van der Waals surface area contributed by atoms with Crippen molar-refractivity contribution in [2.24, 2.45) is 0 Å². The van der Waals surface area contributed by atoms with E-state index < -0.39 is 0 Å². The third-order valence-electron chi connectivity index (χ3n) is 4.68. The summed E-state index contributed by atoms with van der Waals surface area (Å²) in [5.41, 5.74) is 6.57. The van der Waals surface area contributed by atoms with Gasteiger partial charge in [-0.15, -0.1) is 0 Å². The number of amides is 2. The van der Waals surface area contributed by atoms with Crippen LogP contribution in [-0.4, -0.2) is 28.0 Å². The largest absolute Gasteiger partial charge is 0.362 e. The van der Waals surface area contributed by atoms with E-state index in [1.54, 1.807) is 35.1 Å². The Morgan fingerprint density at radius 3 is 2.48 bits per heavy atom. The van der Waals surface area contributed by atoms with Gasteiger partial charge in [0.2, 0.25) is 5.27 Å². The number of nitrogens with two attached hydrogens (primary N) is 1. The van der Waals surface area contributed by atoms with Gasteiger partial charge >= 0.3 is 0 Å². The first-order valence-corrected chi connectivity index (χ1v) is 7.75. The molecular weight excluding hydrogens is 296 g/mol. The average Bonchev–Trinajstić information content (AvgIpc) is 3.11. The number of nitrogens with zero attached hydrogens (tertiary/aromatic N) is 3. The molecule has 2 amide bonds. The number of aromatic nitrogens is 2. The van der Waals surface area contributed by atoms with E-state index in [2.05, 4.69) is 5.27 Å². The van der Waals surface area contributed by atoms with Crippen LogP contribution in [0.2, 0.25) is 0 Å². The molecule has 2 atom stereocenters. The fraction of sp³-hybridized carbons (Fsp3) is 0.375. The molecule has 2 aromatic rings. The maximum Gasteiger partial charge on any atom is 0.293 e. The first-order chi connectivity index (χ1) is 11.1. The SMILES string of the molecule is Nc1c[n+]([C@@H]2CCC[C@@H](N3C(=O)c4ccccc4C3=O)C2)no1. The van der Waals surface area contributed by atoms with Gasteiger partial charge in [-0.05, 0) is 29.7 Å². The highest BCUT2D eigenvalue weighted by molar-refractivity contribution is 6.21. The molecule has 1 aromatic heterocycles. The molecule has 4 rings (SSSR count). The number of anilines is 1. The molecule has 1 saturated carbocycles. The zero-order valence-corrected chi connectivity index (χ0v) is 12.5. The molecule has 7 heteroatoms. The quantitative estimate of drug-likeness (QED) is 0.667. The minimum absolute atomic E-state index is 0.0825. The topological polar surface area (TPSA) is 93.3 Å². The number of carbonyl (C=O) groups excluding carboxylic acids is 2. The molecule has 1 aromatic carbocycles. The van der Waals surface area contributed by atoms with Crippen LogP contribution >= 0.6 is 0 Å². The third kappa shape index (κ3) is 2.19. The summed E-state index contributed by atoms with van der Waals surface area (Å²) < 4.78 is 6.61. The standard InChI is InChI=1S/C16H17N4O3/c17-14-9-19(18-23-14)10-4-3-5-11(8-10)20-15(21)12-6-1-2-7-13(12)16(20)22/h1-2,6-7,9-11H,3-5,8,17H2/q+1/t10-,11-/m1/s1. The van der Waals surface area contributed by atoms with Crippen molar-refractivity contribution in [1.82, 2.24) is 10.2 Å². The summed E-state index contributed by atoms with van der Waals surface area (Å²) in [5, 5.41) is 3.91. The highest BCUT2D eigenvalue weighted by Gasteiger charge is 2.43. The van der Waals surface area contributed by atoms with Crippen LogP contribution in [0.5, 0.6) is 0 Å². The number of fused-ring (bicyclic) bond motifs is 1. The number of hydrogen-bond acceptors (Lipinski definition) is 5. The fourth-order valence-electron chi connectivity index (χ4n) is 3.60. The van der Waals surface area contributed by atoms with Crippen LogP contribution < -0.4 is 10.4 Å². The third-order valence-corrected chi connectivity index (χ3v) is 4.68. The number of hydrogen-bond donors (Lipinski definition) is 1. The molecule has 0 bridgehead atoms. The lowest BCUT2D eigenvalue weighted by molar-refractivity contribution is -0.787. The van der Waals surface area contributed by atoms with Crippen LogP contribution in [0.1, 0.15) is 52.4 Å². The summed E-state index contributed by atoms with van der Waals surface area (Å²) in [7, 11) is 0. The van der Waals surface area contributed by atoms with Crippen molar-refractivity contribution in [2.75, 3.05) is 5.73 Å². The number of nitrogen functional groups attached to an aromatic ring is 1. The van der Waals surface area contributed by atoms with Gasteiger partial charge in [0.25, 0.3) is 23.9 Å². The van der Waals surface area contributed by atoms with Crippen molar-refractivity contribution in [3.8, 4) is 0 Å². The number of imide groups is 1. The maximum atomic E-state index is 12.6. The van der Waals surface area contributed by atoms with Crippen molar-refractivity contribution in [1.29, 1.82) is 0 Å². The molecule has 1 aliphatic heterocycles. The summed E-state index contributed by atoms with van der Waals surface area (Å²) in [6.45, 7) is 0. The van der Waals surface area contributed by atoms with Gasteiger partial charge in [-0.3, -0.25) is 19.0 Å². The van der Waals surface area contributed by atoms with Crippen molar-refractivity contribution >= 4 is 17.7 Å². The molecule has 0 saturated heterocycles. The van der Waals surface area contributed by atoms with Crippen LogP contribution in [0.3, 0.4) is 0 Å². The summed E-state index contributed by atoms with van der Waals surface area (Å²) in [5.74, 6) is -0.130. The first-order valence-electron chi connectivity index (χ1n) is 7.75. The highest BCUT2D eigenvalue weighted by Crippen LogP contribution is 2.33. The minimum Gasteiger partial charge on any atom is -0.362 e. The maximum absolute atomic E-state index is 12.6. The van der Waals surface area contributed by atoms with Crippen molar-refractivity contribution in [2.45, 2.75) is 37.8 Å². The average molecular weight is 313 g/mol. The Labute approximate surface area is 132 Å². The van der Waals surface area contributed by atoms with Gasteiger partial charge in [0.15, 0.2) is 6.04 Å². The van der Waals surface area contributed by atoms with Gasteiger partial charge < -0.3 is 5.73 Å². The van der Waals surface area contributed by atoms with E-state index in [0.29, 0.717) is 17.5 Å². The van der Waals surface area contributed by atoms with E-state index in [1.807, 2.05) is 0 Å². The van der Waals surface area contributed by atoms with Crippen molar-refractivity contribution in [3.63, 3.8) is 0 Å². The van der Waals surface area contributed by atoms with Crippen LogP contribution in [0.25, 0.3) is 0 Å².